The Kier molecular flexibility index (Phi) is 28.3. The number of hydrogen-bond donors (Lipinski definition) is 2. The van der Waals surface area contributed by atoms with Crippen LogP contribution in [0.5, 0.6) is 0 Å². The SMILES string of the molecule is CC/C=C\C/C=C\C/C=C\CCCCCCCCCCOCC(COP(=O)(O)OCCN)OC(=O)CCCCC. The Morgan fingerprint density at radius 3 is 2.05 bits per heavy atom. The normalized spacial score (nSPS) is 14.4. The molecule has 0 saturated carbocycles. The summed E-state index contributed by atoms with van der Waals surface area (Å²) in [4.78, 5) is 21.8. The Hall–Kier alpha value is -1.28. The first-order valence-corrected chi connectivity index (χ1v) is 17.0. The van der Waals surface area contributed by atoms with Crippen molar-refractivity contribution in [3.63, 3.8) is 0 Å². The summed E-state index contributed by atoms with van der Waals surface area (Å²) in [6.07, 6.45) is 29.5. The molecule has 0 spiro atoms. The topological polar surface area (TPSA) is 117 Å². The summed E-state index contributed by atoms with van der Waals surface area (Å²) >= 11 is 0. The molecule has 234 valence electrons. The number of carbonyl (C=O) groups excluding carboxylic acids is 1. The van der Waals surface area contributed by atoms with Crippen LogP contribution in [0.4, 0.5) is 0 Å². The van der Waals surface area contributed by atoms with E-state index in [1.54, 1.807) is 0 Å². The maximum Gasteiger partial charge on any atom is 0.472 e. The van der Waals surface area contributed by atoms with E-state index in [-0.39, 0.29) is 32.3 Å². The molecule has 2 unspecified atom stereocenters. The van der Waals surface area contributed by atoms with Crippen LogP contribution in [0.1, 0.15) is 117 Å². The number of rotatable bonds is 29. The van der Waals surface area contributed by atoms with Gasteiger partial charge in [0.05, 0.1) is 19.8 Å². The van der Waals surface area contributed by atoms with Crippen LogP contribution in [0.3, 0.4) is 0 Å². The summed E-state index contributed by atoms with van der Waals surface area (Å²) in [7, 11) is -4.25. The summed E-state index contributed by atoms with van der Waals surface area (Å²) in [5, 5.41) is 0. The number of carbonyl (C=O) groups is 1. The van der Waals surface area contributed by atoms with Crippen LogP contribution in [0.2, 0.25) is 0 Å². The van der Waals surface area contributed by atoms with Crippen molar-refractivity contribution in [2.24, 2.45) is 5.73 Å². The number of hydrogen-bond acceptors (Lipinski definition) is 7. The Balaban J connectivity index is 3.90. The third-order valence-electron chi connectivity index (χ3n) is 6.07. The summed E-state index contributed by atoms with van der Waals surface area (Å²) in [6.45, 7) is 4.59. The molecule has 0 bridgehead atoms. The van der Waals surface area contributed by atoms with Gasteiger partial charge in [0.15, 0.2) is 0 Å². The van der Waals surface area contributed by atoms with Crippen LogP contribution in [0.15, 0.2) is 36.5 Å². The van der Waals surface area contributed by atoms with Gasteiger partial charge in [-0.2, -0.15) is 0 Å². The van der Waals surface area contributed by atoms with Crippen molar-refractivity contribution in [3.8, 4) is 0 Å². The van der Waals surface area contributed by atoms with Gasteiger partial charge < -0.3 is 20.1 Å². The van der Waals surface area contributed by atoms with Crippen molar-refractivity contribution in [2.75, 3.05) is 33.0 Å². The molecule has 0 aliphatic carbocycles. The van der Waals surface area contributed by atoms with Gasteiger partial charge in [0.25, 0.3) is 0 Å². The van der Waals surface area contributed by atoms with Crippen molar-refractivity contribution in [2.45, 2.75) is 123 Å². The van der Waals surface area contributed by atoms with Crippen LogP contribution in [0, 0.1) is 0 Å². The maximum absolute atomic E-state index is 12.1. The predicted molar refractivity (Wildman–Crippen MR) is 164 cm³/mol. The Bertz CT molecular complexity index is 712. The molecule has 2 atom stereocenters. The smallest absolute Gasteiger partial charge is 0.457 e. The van der Waals surface area contributed by atoms with Gasteiger partial charge in [-0.3, -0.25) is 13.8 Å². The molecule has 0 radical (unpaired) electrons. The lowest BCUT2D eigenvalue weighted by Gasteiger charge is -2.20. The number of unbranched alkanes of at least 4 members (excludes halogenated alkanes) is 10. The highest BCUT2D eigenvalue weighted by Crippen LogP contribution is 2.43. The van der Waals surface area contributed by atoms with Crippen LogP contribution in [-0.4, -0.2) is 49.9 Å². The number of allylic oxidation sites excluding steroid dienone is 6. The zero-order valence-electron chi connectivity index (χ0n) is 25.3. The minimum Gasteiger partial charge on any atom is -0.457 e. The molecule has 0 saturated heterocycles. The Morgan fingerprint density at radius 2 is 1.40 bits per heavy atom. The molecular formula is C31H58NO7P. The van der Waals surface area contributed by atoms with E-state index in [1.165, 1.54) is 38.5 Å². The molecule has 0 aromatic heterocycles. The third kappa shape index (κ3) is 28.3. The Morgan fingerprint density at radius 1 is 0.775 bits per heavy atom. The number of phosphoric acid groups is 1. The largest absolute Gasteiger partial charge is 0.472 e. The van der Waals surface area contributed by atoms with Crippen LogP contribution < -0.4 is 5.73 Å². The van der Waals surface area contributed by atoms with Crippen molar-refractivity contribution in [3.05, 3.63) is 36.5 Å². The third-order valence-corrected chi connectivity index (χ3v) is 7.06. The molecule has 0 heterocycles. The maximum atomic E-state index is 12.1. The van der Waals surface area contributed by atoms with E-state index in [4.69, 9.17) is 24.3 Å². The molecule has 0 fully saturated rings. The lowest BCUT2D eigenvalue weighted by molar-refractivity contribution is -0.154. The molecule has 0 aliphatic rings. The van der Waals surface area contributed by atoms with Gasteiger partial charge in [0.1, 0.15) is 6.10 Å². The van der Waals surface area contributed by atoms with Crippen LogP contribution in [0.25, 0.3) is 0 Å². The minimum absolute atomic E-state index is 0.0978. The number of esters is 1. The van der Waals surface area contributed by atoms with E-state index in [0.717, 1.165) is 57.8 Å². The highest BCUT2D eigenvalue weighted by Gasteiger charge is 2.25. The number of nitrogens with two attached hydrogens (primary N) is 1. The molecule has 0 aromatic carbocycles. The molecule has 3 N–H and O–H groups in total. The second-order valence-electron chi connectivity index (χ2n) is 9.94. The second-order valence-corrected chi connectivity index (χ2v) is 11.4. The van der Waals surface area contributed by atoms with Crippen molar-refractivity contribution in [1.82, 2.24) is 0 Å². The first kappa shape index (κ1) is 38.7. The standard InChI is InChI=1S/C31H58NO7P/c1-3-5-7-8-9-10-11-12-13-14-15-16-17-18-19-20-21-23-26-36-28-30(39-31(33)24-22-6-4-2)29-38-40(34,35)37-27-25-32/h5,7,9-10,12-13,30H,3-4,6,8,11,14-29,32H2,1-2H3,(H,34,35)/b7-5-,10-9-,13-12-. The van der Waals surface area contributed by atoms with Gasteiger partial charge >= 0.3 is 13.8 Å². The first-order valence-electron chi connectivity index (χ1n) is 15.5. The van der Waals surface area contributed by atoms with Gasteiger partial charge in [0, 0.05) is 19.6 Å². The predicted octanol–water partition coefficient (Wildman–Crippen LogP) is 7.96. The average Bonchev–Trinajstić information content (AvgIpc) is 2.93. The lowest BCUT2D eigenvalue weighted by Crippen LogP contribution is -2.28. The monoisotopic (exact) mass is 587 g/mol. The highest BCUT2D eigenvalue weighted by atomic mass is 31.2. The first-order chi connectivity index (χ1) is 19.4. The fraction of sp³-hybridized carbons (Fsp3) is 0.774. The van der Waals surface area contributed by atoms with E-state index >= 15 is 0 Å². The highest BCUT2D eigenvalue weighted by molar-refractivity contribution is 7.47. The fourth-order valence-corrected chi connectivity index (χ4v) is 4.60. The van der Waals surface area contributed by atoms with Crippen molar-refractivity contribution >= 4 is 13.8 Å². The van der Waals surface area contributed by atoms with E-state index in [9.17, 15) is 14.3 Å². The summed E-state index contributed by atoms with van der Waals surface area (Å²) in [6, 6.07) is 0. The van der Waals surface area contributed by atoms with Gasteiger partial charge in [-0.25, -0.2) is 4.57 Å². The zero-order chi connectivity index (χ0) is 29.6. The summed E-state index contributed by atoms with van der Waals surface area (Å²) in [5.74, 6) is -0.361. The van der Waals surface area contributed by atoms with E-state index in [1.807, 2.05) is 0 Å². The molecule has 9 heteroatoms. The lowest BCUT2D eigenvalue weighted by atomic mass is 10.1. The van der Waals surface area contributed by atoms with E-state index in [2.05, 4.69) is 50.3 Å². The van der Waals surface area contributed by atoms with Gasteiger partial charge in [-0.05, 0) is 44.9 Å². The molecule has 0 aromatic rings. The minimum atomic E-state index is -4.25. The molecular weight excluding hydrogens is 529 g/mol. The molecule has 40 heavy (non-hydrogen) atoms. The van der Waals surface area contributed by atoms with E-state index in [0.29, 0.717) is 13.0 Å². The number of ether oxygens (including phenoxy) is 2. The summed E-state index contributed by atoms with van der Waals surface area (Å²) in [5.41, 5.74) is 5.29. The molecule has 0 amide bonds. The Labute approximate surface area is 244 Å². The number of phosphoric ester groups is 1. The van der Waals surface area contributed by atoms with Crippen LogP contribution in [-0.2, 0) is 27.9 Å². The molecule has 0 aliphatic heterocycles. The van der Waals surface area contributed by atoms with Crippen molar-refractivity contribution in [1.29, 1.82) is 0 Å². The molecule has 8 nitrogen and oxygen atoms in total. The van der Waals surface area contributed by atoms with Crippen molar-refractivity contribution < 1.29 is 32.8 Å². The zero-order valence-corrected chi connectivity index (χ0v) is 26.2. The van der Waals surface area contributed by atoms with Crippen LogP contribution >= 0.6 is 7.82 Å². The van der Waals surface area contributed by atoms with Gasteiger partial charge in [0.2, 0.25) is 0 Å². The quantitative estimate of drug-likeness (QED) is 0.0392. The molecule has 0 rings (SSSR count). The average molecular weight is 588 g/mol. The van der Waals surface area contributed by atoms with Gasteiger partial charge in [-0.1, -0.05) is 102 Å². The van der Waals surface area contributed by atoms with Gasteiger partial charge in [-0.15, -0.1) is 0 Å². The second kappa shape index (κ2) is 29.2. The van der Waals surface area contributed by atoms with E-state index < -0.39 is 13.9 Å². The summed E-state index contributed by atoms with van der Waals surface area (Å²) < 4.78 is 32.7. The fourth-order valence-electron chi connectivity index (χ4n) is 3.83.